The average Bonchev–Trinajstić information content (AvgIpc) is 2.82. The Labute approximate surface area is 107 Å². The Bertz CT molecular complexity index is 580. The van der Waals surface area contributed by atoms with Crippen molar-refractivity contribution in [3.8, 4) is 17.0 Å². The van der Waals surface area contributed by atoms with Crippen LogP contribution in [0.1, 0.15) is 11.1 Å². The topological polar surface area (TPSA) is 48.1 Å². The van der Waals surface area contributed by atoms with Gasteiger partial charge in [-0.2, -0.15) is 0 Å². The number of aromatic nitrogens is 1. The quantitative estimate of drug-likeness (QED) is 0.876. The lowest BCUT2D eigenvalue weighted by Crippen LogP contribution is -2.24. The number of nitrogens with zero attached hydrogens (tertiary/aromatic N) is 1. The van der Waals surface area contributed by atoms with Crippen molar-refractivity contribution in [3.63, 3.8) is 0 Å². The Morgan fingerprint density at radius 3 is 3.00 bits per heavy atom. The molecule has 3 nitrogen and oxygen atoms in total. The number of fused-ring (bicyclic) bond motifs is 1. The maximum absolute atomic E-state index is 5.93. The van der Waals surface area contributed by atoms with Crippen LogP contribution in [0.15, 0.2) is 36.5 Å². The standard InChI is InChI=1S/C15H16N2O/c1-10-4-3-7-17-14(10)13-6-2-5-11-8-12(9-16)18-15(11)13/h2-7,12H,8-9,16H2,1H3/t12-/m0/s1. The molecule has 0 aliphatic carbocycles. The molecule has 1 aliphatic rings. The largest absolute Gasteiger partial charge is 0.488 e. The third kappa shape index (κ3) is 1.77. The fraction of sp³-hybridized carbons (Fsp3) is 0.267. The van der Waals surface area contributed by atoms with E-state index in [9.17, 15) is 0 Å². The molecule has 1 aromatic heterocycles. The third-order valence-electron chi connectivity index (χ3n) is 3.36. The van der Waals surface area contributed by atoms with Gasteiger partial charge in [0.25, 0.3) is 0 Å². The maximum atomic E-state index is 5.93. The van der Waals surface area contributed by atoms with Crippen molar-refractivity contribution in [2.24, 2.45) is 5.73 Å². The van der Waals surface area contributed by atoms with E-state index in [1.807, 2.05) is 12.3 Å². The minimum absolute atomic E-state index is 0.102. The molecule has 0 saturated heterocycles. The highest BCUT2D eigenvalue weighted by molar-refractivity contribution is 5.72. The molecular weight excluding hydrogens is 224 g/mol. The molecule has 0 radical (unpaired) electrons. The third-order valence-corrected chi connectivity index (χ3v) is 3.36. The van der Waals surface area contributed by atoms with Crippen LogP contribution in [0.2, 0.25) is 0 Å². The smallest absolute Gasteiger partial charge is 0.132 e. The number of nitrogens with two attached hydrogens (primary N) is 1. The summed E-state index contributed by atoms with van der Waals surface area (Å²) in [6.45, 7) is 2.62. The summed E-state index contributed by atoms with van der Waals surface area (Å²) in [6.07, 6.45) is 2.81. The summed E-state index contributed by atoms with van der Waals surface area (Å²) >= 11 is 0. The highest BCUT2D eigenvalue weighted by atomic mass is 16.5. The van der Waals surface area contributed by atoms with Crippen molar-refractivity contribution in [3.05, 3.63) is 47.7 Å². The first kappa shape index (κ1) is 11.2. The van der Waals surface area contributed by atoms with Gasteiger partial charge in [-0.15, -0.1) is 0 Å². The summed E-state index contributed by atoms with van der Waals surface area (Å²) < 4.78 is 5.93. The number of para-hydroxylation sites is 1. The molecule has 2 aromatic rings. The second kappa shape index (κ2) is 4.42. The highest BCUT2D eigenvalue weighted by Gasteiger charge is 2.25. The Hall–Kier alpha value is -1.87. The number of pyridine rings is 1. The van der Waals surface area contributed by atoms with Crippen LogP contribution in [-0.2, 0) is 6.42 Å². The molecule has 1 atom stereocenters. The lowest BCUT2D eigenvalue weighted by Gasteiger charge is -2.11. The van der Waals surface area contributed by atoms with Crippen molar-refractivity contribution in [2.45, 2.75) is 19.4 Å². The molecule has 0 amide bonds. The summed E-state index contributed by atoms with van der Waals surface area (Å²) in [5.74, 6) is 0.953. The molecule has 92 valence electrons. The van der Waals surface area contributed by atoms with Gasteiger partial charge in [-0.25, -0.2) is 0 Å². The number of ether oxygens (including phenoxy) is 1. The Balaban J connectivity index is 2.11. The van der Waals surface area contributed by atoms with E-state index in [4.69, 9.17) is 10.5 Å². The molecular formula is C15H16N2O. The molecule has 18 heavy (non-hydrogen) atoms. The zero-order valence-corrected chi connectivity index (χ0v) is 10.4. The van der Waals surface area contributed by atoms with Crippen molar-refractivity contribution in [1.82, 2.24) is 4.98 Å². The van der Waals surface area contributed by atoms with E-state index >= 15 is 0 Å². The van der Waals surface area contributed by atoms with Crippen LogP contribution < -0.4 is 10.5 Å². The van der Waals surface area contributed by atoms with E-state index in [-0.39, 0.29) is 6.10 Å². The van der Waals surface area contributed by atoms with Gasteiger partial charge in [0.1, 0.15) is 11.9 Å². The summed E-state index contributed by atoms with van der Waals surface area (Å²) in [5, 5.41) is 0. The SMILES string of the molecule is Cc1cccnc1-c1cccc2c1O[C@H](CN)C2. The van der Waals surface area contributed by atoms with Crippen molar-refractivity contribution in [1.29, 1.82) is 0 Å². The van der Waals surface area contributed by atoms with Gasteiger partial charge in [0.15, 0.2) is 0 Å². The van der Waals surface area contributed by atoms with Gasteiger partial charge in [-0.1, -0.05) is 18.2 Å². The number of aryl methyl sites for hydroxylation is 1. The molecule has 0 unspecified atom stereocenters. The Morgan fingerprint density at radius 1 is 1.33 bits per heavy atom. The summed E-state index contributed by atoms with van der Waals surface area (Å²) in [4.78, 5) is 4.47. The van der Waals surface area contributed by atoms with Crippen molar-refractivity contribution >= 4 is 0 Å². The molecule has 0 fully saturated rings. The van der Waals surface area contributed by atoms with E-state index in [0.29, 0.717) is 6.54 Å². The fourth-order valence-electron chi connectivity index (χ4n) is 2.42. The summed E-state index contributed by atoms with van der Waals surface area (Å²) in [6, 6.07) is 10.2. The van der Waals surface area contributed by atoms with Crippen LogP contribution in [0.3, 0.4) is 0 Å². The molecule has 0 saturated carbocycles. The lowest BCUT2D eigenvalue weighted by molar-refractivity contribution is 0.242. The number of hydrogen-bond donors (Lipinski definition) is 1. The van der Waals surface area contributed by atoms with Crippen molar-refractivity contribution in [2.75, 3.05) is 6.54 Å². The summed E-state index contributed by atoms with van der Waals surface area (Å²) in [5.41, 5.74) is 10.1. The van der Waals surface area contributed by atoms with Gasteiger partial charge < -0.3 is 10.5 Å². The van der Waals surface area contributed by atoms with Crippen LogP contribution in [0.4, 0.5) is 0 Å². The van der Waals surface area contributed by atoms with E-state index in [1.165, 1.54) is 5.56 Å². The van der Waals surface area contributed by atoms with Gasteiger partial charge >= 0.3 is 0 Å². The normalized spacial score (nSPS) is 17.3. The molecule has 1 aromatic carbocycles. The number of rotatable bonds is 2. The van der Waals surface area contributed by atoms with Crippen LogP contribution in [-0.4, -0.2) is 17.6 Å². The minimum atomic E-state index is 0.102. The van der Waals surface area contributed by atoms with E-state index in [2.05, 4.69) is 36.2 Å². The first-order valence-corrected chi connectivity index (χ1v) is 6.20. The molecule has 2 heterocycles. The van der Waals surface area contributed by atoms with E-state index in [0.717, 1.165) is 29.0 Å². The van der Waals surface area contributed by atoms with Crippen molar-refractivity contribution < 1.29 is 4.74 Å². The Morgan fingerprint density at radius 2 is 2.22 bits per heavy atom. The maximum Gasteiger partial charge on any atom is 0.132 e. The number of benzene rings is 1. The zero-order chi connectivity index (χ0) is 12.5. The molecule has 0 bridgehead atoms. The predicted molar refractivity (Wildman–Crippen MR) is 71.6 cm³/mol. The van der Waals surface area contributed by atoms with Gasteiger partial charge in [-0.05, 0) is 30.2 Å². The predicted octanol–water partition coefficient (Wildman–Crippen LogP) is 2.32. The lowest BCUT2D eigenvalue weighted by atomic mass is 10.0. The van der Waals surface area contributed by atoms with E-state index < -0.39 is 0 Å². The Kier molecular flexibility index (Phi) is 2.76. The molecule has 3 heteroatoms. The number of hydrogen-bond acceptors (Lipinski definition) is 3. The van der Waals surface area contributed by atoms with Crippen LogP contribution in [0.5, 0.6) is 5.75 Å². The van der Waals surface area contributed by atoms with Gasteiger partial charge in [-0.3, -0.25) is 4.98 Å². The van der Waals surface area contributed by atoms with Gasteiger partial charge in [0, 0.05) is 24.7 Å². The molecule has 0 spiro atoms. The first-order chi connectivity index (χ1) is 8.79. The fourth-order valence-corrected chi connectivity index (χ4v) is 2.42. The summed E-state index contributed by atoms with van der Waals surface area (Å²) in [7, 11) is 0. The second-order valence-corrected chi connectivity index (χ2v) is 4.64. The minimum Gasteiger partial charge on any atom is -0.488 e. The average molecular weight is 240 g/mol. The van der Waals surface area contributed by atoms with Crippen LogP contribution in [0, 0.1) is 6.92 Å². The second-order valence-electron chi connectivity index (χ2n) is 4.64. The monoisotopic (exact) mass is 240 g/mol. The molecule has 1 aliphatic heterocycles. The van der Waals surface area contributed by atoms with Crippen LogP contribution in [0.25, 0.3) is 11.3 Å². The van der Waals surface area contributed by atoms with E-state index in [1.54, 1.807) is 0 Å². The molecule has 3 rings (SSSR count). The molecule has 2 N–H and O–H groups in total. The van der Waals surface area contributed by atoms with Crippen LogP contribution >= 0.6 is 0 Å². The van der Waals surface area contributed by atoms with Gasteiger partial charge in [0.05, 0.1) is 5.69 Å². The zero-order valence-electron chi connectivity index (χ0n) is 10.4. The van der Waals surface area contributed by atoms with Gasteiger partial charge in [0.2, 0.25) is 0 Å². The first-order valence-electron chi connectivity index (χ1n) is 6.20. The highest BCUT2D eigenvalue weighted by Crippen LogP contribution is 2.38.